The molecule has 1 N–H and O–H groups in total. The van der Waals surface area contributed by atoms with E-state index in [0.717, 1.165) is 18.1 Å². The van der Waals surface area contributed by atoms with Gasteiger partial charge in [0.1, 0.15) is 0 Å². The molecule has 2 fully saturated rings. The van der Waals surface area contributed by atoms with Gasteiger partial charge >= 0.3 is 0 Å². The summed E-state index contributed by atoms with van der Waals surface area (Å²) in [5.74, 6) is 0. The van der Waals surface area contributed by atoms with Crippen LogP contribution in [0.1, 0.15) is 32.6 Å². The molecule has 70 valence electrons. The van der Waals surface area contributed by atoms with Crippen LogP contribution < -0.4 is 5.32 Å². The molecule has 0 aromatic rings. The summed E-state index contributed by atoms with van der Waals surface area (Å²) in [5, 5.41) is 3.39. The molecule has 1 heterocycles. The molecule has 0 amide bonds. The third-order valence-corrected chi connectivity index (χ3v) is 3.35. The molecule has 1 saturated heterocycles. The number of hydrogen-bond acceptors (Lipinski definition) is 2. The number of nitrogens with zero attached hydrogens (tertiary/aromatic N) is 1. The average Bonchev–Trinajstić information content (AvgIpc) is 2.87. The van der Waals surface area contributed by atoms with E-state index in [0.29, 0.717) is 0 Å². The number of hydrogen-bond donors (Lipinski definition) is 1. The molecule has 2 unspecified atom stereocenters. The monoisotopic (exact) mass is 168 g/mol. The van der Waals surface area contributed by atoms with E-state index in [4.69, 9.17) is 0 Å². The molecular formula is C10H20N2. The zero-order valence-electron chi connectivity index (χ0n) is 8.21. The molecule has 0 bridgehead atoms. The van der Waals surface area contributed by atoms with Gasteiger partial charge in [0.05, 0.1) is 0 Å². The average molecular weight is 168 g/mol. The number of piperidine rings is 1. The molecule has 1 aliphatic heterocycles. The highest BCUT2D eigenvalue weighted by atomic mass is 15.2. The van der Waals surface area contributed by atoms with Crippen molar-refractivity contribution >= 4 is 0 Å². The first-order valence-corrected chi connectivity index (χ1v) is 5.24. The van der Waals surface area contributed by atoms with Crippen LogP contribution in [0.5, 0.6) is 0 Å². The predicted molar refractivity (Wildman–Crippen MR) is 51.3 cm³/mol. The van der Waals surface area contributed by atoms with E-state index in [1.54, 1.807) is 0 Å². The van der Waals surface area contributed by atoms with Gasteiger partial charge in [0.15, 0.2) is 0 Å². The van der Waals surface area contributed by atoms with Crippen molar-refractivity contribution in [3.05, 3.63) is 0 Å². The number of nitrogens with one attached hydrogen (secondary N) is 1. The zero-order chi connectivity index (χ0) is 8.55. The van der Waals surface area contributed by atoms with E-state index in [2.05, 4.69) is 24.2 Å². The molecule has 1 saturated carbocycles. The van der Waals surface area contributed by atoms with Crippen molar-refractivity contribution in [3.8, 4) is 0 Å². The van der Waals surface area contributed by atoms with E-state index in [1.807, 2.05) is 0 Å². The Morgan fingerprint density at radius 1 is 1.25 bits per heavy atom. The van der Waals surface area contributed by atoms with Crippen molar-refractivity contribution in [3.63, 3.8) is 0 Å². The molecule has 2 atom stereocenters. The maximum absolute atomic E-state index is 3.39. The Balaban J connectivity index is 1.86. The van der Waals surface area contributed by atoms with E-state index in [9.17, 15) is 0 Å². The predicted octanol–water partition coefficient (Wildman–Crippen LogP) is 1.22. The van der Waals surface area contributed by atoms with Crippen LogP contribution in [0.4, 0.5) is 0 Å². The van der Waals surface area contributed by atoms with Crippen LogP contribution in [-0.2, 0) is 0 Å². The van der Waals surface area contributed by atoms with Gasteiger partial charge in [-0.3, -0.25) is 4.90 Å². The second kappa shape index (κ2) is 3.35. The third-order valence-electron chi connectivity index (χ3n) is 3.35. The van der Waals surface area contributed by atoms with E-state index < -0.39 is 0 Å². The van der Waals surface area contributed by atoms with Crippen LogP contribution in [0.2, 0.25) is 0 Å². The standard InChI is InChI=1S/C10H20N2/c1-8-7-9(11-2)5-6-12(8)10-3-4-10/h8-11H,3-7H2,1-2H3. The molecule has 2 aliphatic rings. The summed E-state index contributed by atoms with van der Waals surface area (Å²) in [4.78, 5) is 2.70. The Labute approximate surface area is 75.3 Å². The van der Waals surface area contributed by atoms with Gasteiger partial charge in [-0.05, 0) is 39.7 Å². The van der Waals surface area contributed by atoms with Crippen LogP contribution in [0.3, 0.4) is 0 Å². The van der Waals surface area contributed by atoms with Crippen LogP contribution >= 0.6 is 0 Å². The van der Waals surface area contributed by atoms with Gasteiger partial charge in [-0.15, -0.1) is 0 Å². The van der Waals surface area contributed by atoms with Crippen molar-refractivity contribution in [1.82, 2.24) is 10.2 Å². The highest BCUT2D eigenvalue weighted by molar-refractivity contribution is 4.92. The summed E-state index contributed by atoms with van der Waals surface area (Å²) in [6, 6.07) is 2.54. The lowest BCUT2D eigenvalue weighted by Gasteiger charge is -2.37. The minimum absolute atomic E-state index is 0.773. The summed E-state index contributed by atoms with van der Waals surface area (Å²) in [6.07, 6.45) is 5.59. The highest BCUT2D eigenvalue weighted by Gasteiger charge is 2.35. The first-order valence-electron chi connectivity index (χ1n) is 5.24. The van der Waals surface area contributed by atoms with Gasteiger partial charge < -0.3 is 5.32 Å². The smallest absolute Gasteiger partial charge is 0.00992 e. The van der Waals surface area contributed by atoms with Gasteiger partial charge in [-0.2, -0.15) is 0 Å². The quantitative estimate of drug-likeness (QED) is 0.667. The number of likely N-dealkylation sites (tertiary alicyclic amines) is 1. The summed E-state index contributed by atoms with van der Waals surface area (Å²) in [7, 11) is 2.09. The molecular weight excluding hydrogens is 148 g/mol. The Morgan fingerprint density at radius 3 is 2.50 bits per heavy atom. The maximum Gasteiger partial charge on any atom is 0.00992 e. The summed E-state index contributed by atoms with van der Waals surface area (Å²) < 4.78 is 0. The lowest BCUT2D eigenvalue weighted by Crippen LogP contribution is -2.47. The normalized spacial score (nSPS) is 38.5. The van der Waals surface area contributed by atoms with Crippen LogP contribution in [-0.4, -0.2) is 36.6 Å². The minimum atomic E-state index is 0.773. The van der Waals surface area contributed by atoms with Crippen molar-refractivity contribution < 1.29 is 0 Å². The third kappa shape index (κ3) is 1.64. The zero-order valence-corrected chi connectivity index (χ0v) is 8.21. The Kier molecular flexibility index (Phi) is 2.37. The van der Waals surface area contributed by atoms with Crippen LogP contribution in [0, 0.1) is 0 Å². The van der Waals surface area contributed by atoms with Gasteiger partial charge in [0, 0.05) is 24.7 Å². The van der Waals surface area contributed by atoms with Crippen molar-refractivity contribution in [1.29, 1.82) is 0 Å². The molecule has 12 heavy (non-hydrogen) atoms. The van der Waals surface area contributed by atoms with Gasteiger partial charge in [0.25, 0.3) is 0 Å². The molecule has 2 rings (SSSR count). The van der Waals surface area contributed by atoms with Gasteiger partial charge in [-0.25, -0.2) is 0 Å². The second-order valence-electron chi connectivity index (χ2n) is 4.33. The Morgan fingerprint density at radius 2 is 2.00 bits per heavy atom. The highest BCUT2D eigenvalue weighted by Crippen LogP contribution is 2.32. The summed E-state index contributed by atoms with van der Waals surface area (Å²) in [6.45, 7) is 3.69. The SMILES string of the molecule is CNC1CCN(C2CC2)C(C)C1. The molecule has 0 aromatic heterocycles. The summed E-state index contributed by atoms with van der Waals surface area (Å²) >= 11 is 0. The fourth-order valence-electron chi connectivity index (χ4n) is 2.40. The minimum Gasteiger partial charge on any atom is -0.317 e. The molecule has 1 aliphatic carbocycles. The second-order valence-corrected chi connectivity index (χ2v) is 4.33. The van der Waals surface area contributed by atoms with Gasteiger partial charge in [0.2, 0.25) is 0 Å². The van der Waals surface area contributed by atoms with Crippen LogP contribution in [0.15, 0.2) is 0 Å². The van der Waals surface area contributed by atoms with Crippen molar-refractivity contribution in [2.75, 3.05) is 13.6 Å². The van der Waals surface area contributed by atoms with Crippen LogP contribution in [0.25, 0.3) is 0 Å². The lowest BCUT2D eigenvalue weighted by atomic mass is 9.98. The van der Waals surface area contributed by atoms with Gasteiger partial charge in [-0.1, -0.05) is 0 Å². The van der Waals surface area contributed by atoms with E-state index >= 15 is 0 Å². The maximum atomic E-state index is 3.39. The van der Waals surface area contributed by atoms with E-state index in [1.165, 1.54) is 32.2 Å². The molecule has 2 nitrogen and oxygen atoms in total. The molecule has 0 spiro atoms. The summed E-state index contributed by atoms with van der Waals surface area (Å²) in [5.41, 5.74) is 0. The largest absolute Gasteiger partial charge is 0.317 e. The first-order chi connectivity index (χ1) is 5.81. The topological polar surface area (TPSA) is 15.3 Å². The Bertz CT molecular complexity index is 154. The molecule has 2 heteroatoms. The van der Waals surface area contributed by atoms with Crippen molar-refractivity contribution in [2.24, 2.45) is 0 Å². The fourth-order valence-corrected chi connectivity index (χ4v) is 2.40. The Hall–Kier alpha value is -0.0800. The molecule has 0 aromatic carbocycles. The fraction of sp³-hybridized carbons (Fsp3) is 1.00. The van der Waals surface area contributed by atoms with E-state index in [-0.39, 0.29) is 0 Å². The lowest BCUT2D eigenvalue weighted by molar-refractivity contribution is 0.130. The van der Waals surface area contributed by atoms with Crippen molar-refractivity contribution in [2.45, 2.75) is 50.7 Å². The first kappa shape index (κ1) is 8.52. The number of rotatable bonds is 2. The molecule has 0 radical (unpaired) electrons.